The van der Waals surface area contributed by atoms with Crippen molar-refractivity contribution >= 4 is 39.9 Å². The molecule has 3 aromatic rings. The van der Waals surface area contributed by atoms with Crippen LogP contribution in [-0.2, 0) is 0 Å². The Morgan fingerprint density at radius 1 is 1.11 bits per heavy atom. The second-order valence-corrected chi connectivity index (χ2v) is 6.33. The van der Waals surface area contributed by atoms with Gasteiger partial charge < -0.3 is 10.3 Å². The maximum Gasteiger partial charge on any atom is 0.325 e. The lowest BCUT2D eigenvalue weighted by atomic mass is 10.1. The summed E-state index contributed by atoms with van der Waals surface area (Å²) >= 11 is 1.14. The van der Waals surface area contributed by atoms with Crippen LogP contribution in [0.4, 0.5) is 10.8 Å². The van der Waals surface area contributed by atoms with Crippen molar-refractivity contribution < 1.29 is 14.4 Å². The van der Waals surface area contributed by atoms with Gasteiger partial charge in [-0.25, -0.2) is 14.7 Å². The van der Waals surface area contributed by atoms with Crippen molar-refractivity contribution in [2.75, 3.05) is 10.2 Å². The Hall–Kier alpha value is -3.86. The number of H-pyrrole nitrogens is 2. The predicted molar refractivity (Wildman–Crippen MR) is 95.3 cm³/mol. The van der Waals surface area contributed by atoms with Crippen LogP contribution in [0.1, 0.15) is 31.1 Å². The number of imide groups is 1. The number of hydrogen-bond donors (Lipinski definition) is 3. The number of benzene rings is 1. The lowest BCUT2D eigenvalue weighted by Crippen LogP contribution is -2.29. The zero-order valence-corrected chi connectivity index (χ0v) is 14.1. The van der Waals surface area contributed by atoms with Crippen LogP contribution in [0.5, 0.6) is 0 Å². The van der Waals surface area contributed by atoms with Gasteiger partial charge in [0.05, 0.1) is 11.1 Å². The van der Waals surface area contributed by atoms with Crippen LogP contribution in [0.15, 0.2) is 45.6 Å². The van der Waals surface area contributed by atoms with Crippen molar-refractivity contribution in [3.63, 3.8) is 0 Å². The number of carbonyl (C=O) groups is 3. The molecule has 0 unspecified atom stereocenters. The number of fused-ring (bicyclic) bond motifs is 1. The lowest BCUT2D eigenvalue weighted by Gasteiger charge is -2.08. The fourth-order valence-corrected chi connectivity index (χ4v) is 3.22. The molecule has 4 rings (SSSR count). The molecule has 0 fully saturated rings. The van der Waals surface area contributed by atoms with E-state index in [0.29, 0.717) is 0 Å². The Labute approximate surface area is 153 Å². The molecule has 0 bridgehead atoms. The molecule has 27 heavy (non-hydrogen) atoms. The zero-order valence-electron chi connectivity index (χ0n) is 13.3. The molecule has 0 saturated heterocycles. The highest BCUT2D eigenvalue weighted by molar-refractivity contribution is 7.14. The third kappa shape index (κ3) is 2.75. The topological polar surface area (TPSA) is 145 Å². The Kier molecular flexibility index (Phi) is 3.78. The third-order valence-corrected chi connectivity index (χ3v) is 4.58. The molecule has 2 aromatic heterocycles. The molecule has 0 atom stereocenters. The van der Waals surface area contributed by atoms with Crippen LogP contribution >= 0.6 is 11.3 Å². The van der Waals surface area contributed by atoms with Crippen LogP contribution in [0, 0.1) is 0 Å². The summed E-state index contributed by atoms with van der Waals surface area (Å²) in [4.78, 5) is 69.2. The first kappa shape index (κ1) is 16.6. The molecule has 0 spiro atoms. The molecule has 1 aromatic carbocycles. The molecule has 0 saturated carbocycles. The number of thiazole rings is 1. The number of aromatic amines is 2. The molecule has 11 heteroatoms. The number of nitrogens with zero attached hydrogens (tertiary/aromatic N) is 2. The second-order valence-electron chi connectivity index (χ2n) is 5.46. The molecule has 0 radical (unpaired) electrons. The van der Waals surface area contributed by atoms with Gasteiger partial charge in [-0.05, 0) is 18.2 Å². The fourth-order valence-electron chi connectivity index (χ4n) is 2.58. The number of aromatic nitrogens is 3. The number of anilines is 2. The Morgan fingerprint density at radius 3 is 2.59 bits per heavy atom. The highest BCUT2D eigenvalue weighted by Gasteiger charge is 2.38. The summed E-state index contributed by atoms with van der Waals surface area (Å²) < 4.78 is 0. The first-order valence-corrected chi connectivity index (χ1v) is 8.39. The molecule has 0 aliphatic carbocycles. The SMILES string of the molecule is O=C(Nc1c[nH]c(=O)[nH]c1=O)c1ccc2c(c1)C(=O)N(c1nccs1)C2=O. The van der Waals surface area contributed by atoms with Gasteiger partial charge in [-0.1, -0.05) is 0 Å². The Morgan fingerprint density at radius 2 is 1.89 bits per heavy atom. The monoisotopic (exact) mass is 383 g/mol. The van der Waals surface area contributed by atoms with Crippen molar-refractivity contribution in [1.82, 2.24) is 15.0 Å². The summed E-state index contributed by atoms with van der Waals surface area (Å²) in [6.07, 6.45) is 2.54. The van der Waals surface area contributed by atoms with Crippen LogP contribution in [0.3, 0.4) is 0 Å². The van der Waals surface area contributed by atoms with Gasteiger partial charge in [-0.15, -0.1) is 11.3 Å². The van der Waals surface area contributed by atoms with Gasteiger partial charge in [0.1, 0.15) is 5.69 Å². The standard InChI is InChI=1S/C16H9N5O5S/c22-11(19-10-6-18-15(26)20-12(10)23)7-1-2-8-9(5-7)14(25)21(13(8)24)16-17-3-4-27-16/h1-6H,(H,19,22)(H2,18,20,23,26). The van der Waals surface area contributed by atoms with E-state index in [1.165, 1.54) is 24.4 Å². The zero-order chi connectivity index (χ0) is 19.1. The van der Waals surface area contributed by atoms with Gasteiger partial charge >= 0.3 is 5.69 Å². The Balaban J connectivity index is 1.65. The Bertz CT molecular complexity index is 1210. The predicted octanol–water partition coefficient (Wildman–Crippen LogP) is 0.573. The number of rotatable bonds is 3. The van der Waals surface area contributed by atoms with E-state index in [0.717, 1.165) is 22.4 Å². The van der Waals surface area contributed by atoms with E-state index >= 15 is 0 Å². The molecule has 134 valence electrons. The van der Waals surface area contributed by atoms with Crippen molar-refractivity contribution in [3.8, 4) is 0 Å². The fraction of sp³-hybridized carbons (Fsp3) is 0. The summed E-state index contributed by atoms with van der Waals surface area (Å²) in [6, 6.07) is 4.01. The molecule has 3 amide bonds. The second kappa shape index (κ2) is 6.14. The molecule has 10 nitrogen and oxygen atoms in total. The summed E-state index contributed by atoms with van der Waals surface area (Å²) in [5.74, 6) is -1.78. The summed E-state index contributed by atoms with van der Waals surface area (Å²) in [6.45, 7) is 0. The van der Waals surface area contributed by atoms with E-state index < -0.39 is 29.0 Å². The molecule has 3 N–H and O–H groups in total. The van der Waals surface area contributed by atoms with E-state index in [2.05, 4.69) is 15.3 Å². The molecular formula is C16H9N5O5S. The van der Waals surface area contributed by atoms with E-state index in [-0.39, 0.29) is 27.5 Å². The highest BCUT2D eigenvalue weighted by atomic mass is 32.1. The largest absolute Gasteiger partial charge is 0.325 e. The normalized spacial score (nSPS) is 13.0. The van der Waals surface area contributed by atoms with Crippen molar-refractivity contribution in [2.45, 2.75) is 0 Å². The maximum atomic E-state index is 12.6. The van der Waals surface area contributed by atoms with Crippen molar-refractivity contribution in [2.24, 2.45) is 0 Å². The lowest BCUT2D eigenvalue weighted by molar-refractivity contribution is 0.0925. The highest BCUT2D eigenvalue weighted by Crippen LogP contribution is 2.30. The molecular weight excluding hydrogens is 374 g/mol. The average Bonchev–Trinajstić information content (AvgIpc) is 3.24. The van der Waals surface area contributed by atoms with Gasteiger partial charge in [0, 0.05) is 23.3 Å². The van der Waals surface area contributed by atoms with E-state index in [4.69, 9.17) is 0 Å². The van der Waals surface area contributed by atoms with Gasteiger partial charge in [0.15, 0.2) is 5.13 Å². The van der Waals surface area contributed by atoms with E-state index in [9.17, 15) is 24.0 Å². The molecule has 3 heterocycles. The summed E-state index contributed by atoms with van der Waals surface area (Å²) in [5, 5.41) is 4.22. The minimum Gasteiger partial charge on any atom is -0.316 e. The first-order valence-electron chi connectivity index (χ1n) is 7.51. The minimum atomic E-state index is -0.769. The van der Waals surface area contributed by atoms with Crippen LogP contribution in [0.25, 0.3) is 0 Å². The summed E-state index contributed by atoms with van der Waals surface area (Å²) in [5.41, 5.74) is -1.34. The number of amides is 3. The van der Waals surface area contributed by atoms with Gasteiger partial charge in [0.25, 0.3) is 23.3 Å². The van der Waals surface area contributed by atoms with Crippen molar-refractivity contribution in [3.05, 3.63) is 73.5 Å². The van der Waals surface area contributed by atoms with Gasteiger partial charge in [-0.2, -0.15) is 0 Å². The summed E-state index contributed by atoms with van der Waals surface area (Å²) in [7, 11) is 0. The quantitative estimate of drug-likeness (QED) is 0.564. The van der Waals surface area contributed by atoms with Crippen LogP contribution in [-0.4, -0.2) is 32.7 Å². The number of hydrogen-bond acceptors (Lipinski definition) is 7. The smallest absolute Gasteiger partial charge is 0.316 e. The van der Waals surface area contributed by atoms with Crippen LogP contribution in [0.2, 0.25) is 0 Å². The van der Waals surface area contributed by atoms with Crippen molar-refractivity contribution in [1.29, 1.82) is 0 Å². The van der Waals surface area contributed by atoms with E-state index in [1.807, 2.05) is 4.98 Å². The number of nitrogens with one attached hydrogen (secondary N) is 3. The minimum absolute atomic E-state index is 0.0678. The molecule has 1 aliphatic heterocycles. The van der Waals surface area contributed by atoms with E-state index in [1.54, 1.807) is 5.38 Å². The first-order chi connectivity index (χ1) is 13.0. The molecule has 1 aliphatic rings. The van der Waals surface area contributed by atoms with Gasteiger partial charge in [-0.3, -0.25) is 24.2 Å². The third-order valence-electron chi connectivity index (χ3n) is 3.83. The van der Waals surface area contributed by atoms with Gasteiger partial charge in [0.2, 0.25) is 0 Å². The maximum absolute atomic E-state index is 12.6. The number of carbonyl (C=O) groups excluding carboxylic acids is 3. The average molecular weight is 383 g/mol. The van der Waals surface area contributed by atoms with Crippen LogP contribution < -0.4 is 21.5 Å².